The Morgan fingerprint density at radius 1 is 0.778 bits per heavy atom. The van der Waals surface area contributed by atoms with Crippen molar-refractivity contribution < 1.29 is 14.6 Å². The molecule has 0 bridgehead atoms. The first kappa shape index (κ1) is 21.6. The number of aromatic nitrogens is 3. The van der Waals surface area contributed by atoms with Crippen LogP contribution in [0.2, 0.25) is 0 Å². The third kappa shape index (κ3) is 4.07. The molecule has 3 aromatic carbocycles. The molecule has 0 spiro atoms. The number of rotatable bonds is 5. The van der Waals surface area contributed by atoms with Gasteiger partial charge in [-0.2, -0.15) is 0 Å². The van der Waals surface area contributed by atoms with E-state index in [1.165, 1.54) is 6.07 Å². The Kier molecular flexibility index (Phi) is 5.22. The fraction of sp³-hybridized carbons (Fsp3) is 0.0690. The molecule has 0 aliphatic rings. The van der Waals surface area contributed by atoms with Crippen LogP contribution in [0.1, 0.15) is 22.5 Å². The van der Waals surface area contributed by atoms with E-state index >= 15 is 0 Å². The van der Waals surface area contributed by atoms with Gasteiger partial charge in [-0.05, 0) is 53.6 Å². The monoisotopic (exact) mass is 475 g/mol. The SMILES string of the molecule is O=c1ccc2cc(Cc3nc4c(Cc5ccccc5)nc(-c5ccc(O)cc5)cn4c3O)ccc2o1. The number of phenolic OH excluding ortho intramolecular Hbond substituents is 1. The highest BCUT2D eigenvalue weighted by Crippen LogP contribution is 2.29. The van der Waals surface area contributed by atoms with Crippen molar-refractivity contribution in [2.75, 3.05) is 0 Å². The zero-order valence-electron chi connectivity index (χ0n) is 19.1. The largest absolute Gasteiger partial charge is 0.508 e. The fourth-order valence-corrected chi connectivity index (χ4v) is 4.37. The molecule has 7 nitrogen and oxygen atoms in total. The third-order valence-corrected chi connectivity index (χ3v) is 6.15. The van der Waals surface area contributed by atoms with E-state index in [9.17, 15) is 15.0 Å². The van der Waals surface area contributed by atoms with Gasteiger partial charge in [0, 0.05) is 36.1 Å². The maximum absolute atomic E-state index is 11.5. The minimum atomic E-state index is -0.392. The van der Waals surface area contributed by atoms with Crippen molar-refractivity contribution in [3.8, 4) is 22.9 Å². The van der Waals surface area contributed by atoms with E-state index in [-0.39, 0.29) is 11.6 Å². The number of fused-ring (bicyclic) bond motifs is 2. The molecule has 0 saturated carbocycles. The van der Waals surface area contributed by atoms with Crippen molar-refractivity contribution in [2.45, 2.75) is 12.8 Å². The van der Waals surface area contributed by atoms with Gasteiger partial charge in [0.2, 0.25) is 5.88 Å². The van der Waals surface area contributed by atoms with Crippen LogP contribution < -0.4 is 5.63 Å². The Morgan fingerprint density at radius 2 is 1.56 bits per heavy atom. The molecule has 0 aliphatic heterocycles. The van der Waals surface area contributed by atoms with Crippen LogP contribution in [0.25, 0.3) is 27.9 Å². The van der Waals surface area contributed by atoms with Gasteiger partial charge in [0.1, 0.15) is 17.0 Å². The normalized spacial score (nSPS) is 11.3. The van der Waals surface area contributed by atoms with Gasteiger partial charge in [0.05, 0.1) is 11.4 Å². The van der Waals surface area contributed by atoms with E-state index in [2.05, 4.69) is 0 Å². The molecule has 36 heavy (non-hydrogen) atoms. The molecule has 0 unspecified atom stereocenters. The molecule has 0 amide bonds. The van der Waals surface area contributed by atoms with E-state index in [0.717, 1.165) is 27.8 Å². The van der Waals surface area contributed by atoms with Gasteiger partial charge in [-0.3, -0.25) is 4.40 Å². The molecular formula is C29H21N3O4. The minimum absolute atomic E-state index is 0.0430. The lowest BCUT2D eigenvalue weighted by Crippen LogP contribution is -2.00. The van der Waals surface area contributed by atoms with Crippen molar-refractivity contribution in [3.63, 3.8) is 0 Å². The summed E-state index contributed by atoms with van der Waals surface area (Å²) in [7, 11) is 0. The van der Waals surface area contributed by atoms with E-state index in [0.29, 0.717) is 35.5 Å². The summed E-state index contributed by atoms with van der Waals surface area (Å²) in [5, 5.41) is 21.7. The summed E-state index contributed by atoms with van der Waals surface area (Å²) in [5.41, 5.74) is 5.43. The number of hydrogen-bond acceptors (Lipinski definition) is 6. The molecule has 3 heterocycles. The summed E-state index contributed by atoms with van der Waals surface area (Å²) in [5.74, 6) is 0.216. The van der Waals surface area contributed by atoms with Crippen LogP contribution in [-0.4, -0.2) is 24.6 Å². The molecule has 2 N–H and O–H groups in total. The molecule has 6 aromatic rings. The van der Waals surface area contributed by atoms with Crippen LogP contribution in [0.15, 0.2) is 100 Å². The molecule has 0 fully saturated rings. The first-order chi connectivity index (χ1) is 17.5. The molecule has 3 aromatic heterocycles. The lowest BCUT2D eigenvalue weighted by molar-refractivity contribution is 0.442. The van der Waals surface area contributed by atoms with Gasteiger partial charge in [0.15, 0.2) is 5.65 Å². The first-order valence-corrected chi connectivity index (χ1v) is 11.5. The summed E-state index contributed by atoms with van der Waals surface area (Å²) in [6.45, 7) is 0. The zero-order valence-corrected chi connectivity index (χ0v) is 19.1. The first-order valence-electron chi connectivity index (χ1n) is 11.5. The van der Waals surface area contributed by atoms with Crippen molar-refractivity contribution in [2.24, 2.45) is 0 Å². The Balaban J connectivity index is 1.46. The lowest BCUT2D eigenvalue weighted by Gasteiger charge is -2.08. The number of phenols is 1. The number of nitrogens with zero attached hydrogens (tertiary/aromatic N) is 3. The smallest absolute Gasteiger partial charge is 0.336 e. The van der Waals surface area contributed by atoms with Crippen molar-refractivity contribution in [3.05, 3.63) is 124 Å². The highest BCUT2D eigenvalue weighted by molar-refractivity contribution is 5.77. The maximum Gasteiger partial charge on any atom is 0.336 e. The van der Waals surface area contributed by atoms with E-state index in [1.807, 2.05) is 42.5 Å². The molecular weight excluding hydrogens is 454 g/mol. The predicted octanol–water partition coefficient (Wildman–Crippen LogP) is 5.10. The highest BCUT2D eigenvalue weighted by Gasteiger charge is 2.18. The summed E-state index contributed by atoms with van der Waals surface area (Å²) in [4.78, 5) is 21.2. The molecule has 0 atom stereocenters. The zero-order chi connectivity index (χ0) is 24.6. The maximum atomic E-state index is 11.5. The molecule has 7 heteroatoms. The highest BCUT2D eigenvalue weighted by atomic mass is 16.4. The van der Waals surface area contributed by atoms with Gasteiger partial charge in [-0.1, -0.05) is 36.4 Å². The van der Waals surface area contributed by atoms with Gasteiger partial charge >= 0.3 is 5.63 Å². The van der Waals surface area contributed by atoms with Crippen LogP contribution >= 0.6 is 0 Å². The van der Waals surface area contributed by atoms with Crippen LogP contribution in [0.4, 0.5) is 0 Å². The van der Waals surface area contributed by atoms with E-state index in [4.69, 9.17) is 14.4 Å². The second-order valence-corrected chi connectivity index (χ2v) is 8.66. The van der Waals surface area contributed by atoms with Crippen LogP contribution in [-0.2, 0) is 12.8 Å². The number of hydrogen-bond donors (Lipinski definition) is 2. The van der Waals surface area contributed by atoms with E-state index in [1.54, 1.807) is 47.0 Å². The van der Waals surface area contributed by atoms with Crippen molar-refractivity contribution in [1.29, 1.82) is 0 Å². The molecule has 0 aliphatic carbocycles. The Morgan fingerprint density at radius 3 is 2.36 bits per heavy atom. The second kappa shape index (κ2) is 8.70. The van der Waals surface area contributed by atoms with Gasteiger partial charge in [-0.15, -0.1) is 0 Å². The lowest BCUT2D eigenvalue weighted by atomic mass is 10.1. The molecule has 0 radical (unpaired) electrons. The summed E-state index contributed by atoms with van der Waals surface area (Å²) in [6.07, 6.45) is 2.69. The Bertz CT molecular complexity index is 1770. The number of benzene rings is 3. The second-order valence-electron chi connectivity index (χ2n) is 8.66. The van der Waals surface area contributed by atoms with Crippen LogP contribution in [0, 0.1) is 0 Å². The summed E-state index contributed by atoms with van der Waals surface area (Å²) in [6, 6.07) is 25.4. The third-order valence-electron chi connectivity index (χ3n) is 6.15. The standard InChI is InChI=1S/C29H21N3O4/c33-22-10-7-20(8-11-22)25-17-32-28(23(30-25)15-18-4-2-1-3-5-18)31-24(29(32)35)16-19-6-12-26-21(14-19)9-13-27(34)36-26/h1-14,17,33,35H,15-16H2. The Labute approximate surface area is 205 Å². The topological polar surface area (TPSA) is 101 Å². The average Bonchev–Trinajstić information content (AvgIpc) is 3.20. The molecule has 6 rings (SSSR count). The van der Waals surface area contributed by atoms with Gasteiger partial charge < -0.3 is 14.6 Å². The fourth-order valence-electron chi connectivity index (χ4n) is 4.37. The van der Waals surface area contributed by atoms with Crippen LogP contribution in [0.3, 0.4) is 0 Å². The predicted molar refractivity (Wildman–Crippen MR) is 136 cm³/mol. The molecule has 176 valence electrons. The van der Waals surface area contributed by atoms with Gasteiger partial charge in [0.25, 0.3) is 0 Å². The minimum Gasteiger partial charge on any atom is -0.508 e. The number of aromatic hydroxyl groups is 2. The van der Waals surface area contributed by atoms with Gasteiger partial charge in [-0.25, -0.2) is 14.8 Å². The van der Waals surface area contributed by atoms with Crippen molar-refractivity contribution >= 4 is 16.6 Å². The summed E-state index contributed by atoms with van der Waals surface area (Å²) >= 11 is 0. The molecule has 0 saturated heterocycles. The summed E-state index contributed by atoms with van der Waals surface area (Å²) < 4.78 is 6.89. The van der Waals surface area contributed by atoms with E-state index < -0.39 is 5.63 Å². The van der Waals surface area contributed by atoms with Crippen LogP contribution in [0.5, 0.6) is 11.6 Å². The van der Waals surface area contributed by atoms with Crippen molar-refractivity contribution in [1.82, 2.24) is 14.4 Å². The Hall–Kier alpha value is -4.91. The average molecular weight is 476 g/mol. The quantitative estimate of drug-likeness (QED) is 0.337. The number of imidazole rings is 1.